The molecule has 7 heteroatoms. The zero-order chi connectivity index (χ0) is 18.7. The Hall–Kier alpha value is -2.96. The average Bonchev–Trinajstić information content (AvgIpc) is 2.62. The number of carbonyl (C=O) groups excluding carboxylic acids is 2. The summed E-state index contributed by atoms with van der Waals surface area (Å²) in [4.78, 5) is 36.4. The lowest BCUT2D eigenvalue weighted by Gasteiger charge is -2.34. The Bertz CT molecular complexity index is 811. The van der Waals surface area contributed by atoms with E-state index in [2.05, 4.69) is 15.3 Å². The summed E-state index contributed by atoms with van der Waals surface area (Å²) in [5, 5.41) is 3.15. The number of piperazine rings is 1. The Balaban J connectivity index is 1.73. The van der Waals surface area contributed by atoms with Crippen molar-refractivity contribution in [3.05, 3.63) is 47.3 Å². The summed E-state index contributed by atoms with van der Waals surface area (Å²) in [5.41, 5.74) is 3.12. The van der Waals surface area contributed by atoms with E-state index in [-0.39, 0.29) is 11.8 Å². The van der Waals surface area contributed by atoms with Crippen LogP contribution in [0, 0.1) is 13.8 Å². The Labute approximate surface area is 153 Å². The SMILES string of the molecule is CC(=O)N1CCN(C(=O)c2cc(C)nc(Nc3ccc(C)cc3)n2)CC1. The third-order valence-corrected chi connectivity index (χ3v) is 4.39. The molecule has 3 rings (SSSR count). The minimum atomic E-state index is -0.134. The van der Waals surface area contributed by atoms with Gasteiger partial charge in [0, 0.05) is 44.5 Å². The highest BCUT2D eigenvalue weighted by molar-refractivity contribution is 5.93. The number of aryl methyl sites for hydroxylation is 2. The highest BCUT2D eigenvalue weighted by Crippen LogP contribution is 2.16. The molecule has 0 saturated carbocycles. The second kappa shape index (κ2) is 7.51. The van der Waals surface area contributed by atoms with E-state index in [0.29, 0.717) is 37.8 Å². The van der Waals surface area contributed by atoms with E-state index >= 15 is 0 Å². The quantitative estimate of drug-likeness (QED) is 0.915. The smallest absolute Gasteiger partial charge is 0.272 e. The van der Waals surface area contributed by atoms with Crippen LogP contribution in [-0.4, -0.2) is 57.8 Å². The summed E-state index contributed by atoms with van der Waals surface area (Å²) < 4.78 is 0. The van der Waals surface area contributed by atoms with Crippen LogP contribution in [0.15, 0.2) is 30.3 Å². The van der Waals surface area contributed by atoms with Gasteiger partial charge in [-0.25, -0.2) is 9.97 Å². The van der Waals surface area contributed by atoms with Crippen molar-refractivity contribution in [1.29, 1.82) is 0 Å². The van der Waals surface area contributed by atoms with E-state index in [1.165, 1.54) is 5.56 Å². The van der Waals surface area contributed by atoms with Crippen LogP contribution in [0.3, 0.4) is 0 Å². The van der Waals surface area contributed by atoms with Crippen molar-refractivity contribution < 1.29 is 9.59 Å². The maximum atomic E-state index is 12.8. The summed E-state index contributed by atoms with van der Waals surface area (Å²) in [6, 6.07) is 9.59. The summed E-state index contributed by atoms with van der Waals surface area (Å²) in [5.74, 6) is 0.310. The molecule has 1 aliphatic heterocycles. The first-order valence-electron chi connectivity index (χ1n) is 8.66. The van der Waals surface area contributed by atoms with Gasteiger partial charge in [-0.1, -0.05) is 17.7 Å². The Morgan fingerprint density at radius 1 is 0.962 bits per heavy atom. The number of carbonyl (C=O) groups is 2. The van der Waals surface area contributed by atoms with Gasteiger partial charge in [-0.3, -0.25) is 9.59 Å². The van der Waals surface area contributed by atoms with Gasteiger partial charge in [0.2, 0.25) is 11.9 Å². The molecule has 0 radical (unpaired) electrons. The number of nitrogens with zero attached hydrogens (tertiary/aromatic N) is 4. The minimum absolute atomic E-state index is 0.0413. The summed E-state index contributed by atoms with van der Waals surface area (Å²) >= 11 is 0. The molecule has 1 saturated heterocycles. The first-order chi connectivity index (χ1) is 12.4. The van der Waals surface area contributed by atoms with Crippen molar-refractivity contribution >= 4 is 23.5 Å². The number of rotatable bonds is 3. The standard InChI is InChI=1S/C19H23N5O2/c1-13-4-6-16(7-5-13)21-19-20-14(2)12-17(22-19)18(26)24-10-8-23(9-11-24)15(3)25/h4-7,12H,8-11H2,1-3H3,(H,20,21,22). The molecule has 136 valence electrons. The molecule has 1 fully saturated rings. The molecule has 1 aromatic heterocycles. The molecule has 0 atom stereocenters. The van der Waals surface area contributed by atoms with Crippen molar-refractivity contribution in [2.45, 2.75) is 20.8 Å². The number of hydrogen-bond donors (Lipinski definition) is 1. The van der Waals surface area contributed by atoms with Gasteiger partial charge in [0.15, 0.2) is 0 Å². The Kier molecular flexibility index (Phi) is 5.16. The predicted molar refractivity (Wildman–Crippen MR) is 99.4 cm³/mol. The summed E-state index contributed by atoms with van der Waals surface area (Å²) in [6.45, 7) is 7.56. The summed E-state index contributed by atoms with van der Waals surface area (Å²) in [6.07, 6.45) is 0. The van der Waals surface area contributed by atoms with E-state index in [1.807, 2.05) is 38.1 Å². The van der Waals surface area contributed by atoms with Gasteiger partial charge in [-0.2, -0.15) is 0 Å². The third-order valence-electron chi connectivity index (χ3n) is 4.39. The molecule has 1 aliphatic rings. The van der Waals surface area contributed by atoms with Crippen molar-refractivity contribution in [2.75, 3.05) is 31.5 Å². The third kappa shape index (κ3) is 4.17. The van der Waals surface area contributed by atoms with Crippen molar-refractivity contribution in [3.8, 4) is 0 Å². The molecule has 1 aromatic carbocycles. The van der Waals surface area contributed by atoms with Gasteiger partial charge < -0.3 is 15.1 Å². The molecule has 0 bridgehead atoms. The van der Waals surface area contributed by atoms with Crippen LogP contribution < -0.4 is 5.32 Å². The van der Waals surface area contributed by atoms with E-state index in [9.17, 15) is 9.59 Å². The fourth-order valence-electron chi connectivity index (χ4n) is 2.89. The topological polar surface area (TPSA) is 78.4 Å². The molecule has 2 heterocycles. The summed E-state index contributed by atoms with van der Waals surface area (Å²) in [7, 11) is 0. The van der Waals surface area contributed by atoms with Crippen LogP contribution >= 0.6 is 0 Å². The van der Waals surface area contributed by atoms with Crippen LogP contribution in [0.1, 0.15) is 28.7 Å². The number of aromatic nitrogens is 2. The fraction of sp³-hybridized carbons (Fsp3) is 0.368. The predicted octanol–water partition coefficient (Wildman–Crippen LogP) is 2.14. The average molecular weight is 353 g/mol. The van der Waals surface area contributed by atoms with Crippen LogP contribution in [0.25, 0.3) is 0 Å². The number of benzene rings is 1. The normalized spacial score (nSPS) is 14.3. The van der Waals surface area contributed by atoms with Gasteiger partial charge in [0.1, 0.15) is 5.69 Å². The van der Waals surface area contributed by atoms with Crippen molar-refractivity contribution in [1.82, 2.24) is 19.8 Å². The lowest BCUT2D eigenvalue weighted by atomic mass is 10.2. The first kappa shape index (κ1) is 17.8. The second-order valence-corrected chi connectivity index (χ2v) is 6.51. The van der Waals surface area contributed by atoms with Crippen LogP contribution in [0.4, 0.5) is 11.6 Å². The molecule has 0 unspecified atom stereocenters. The maximum Gasteiger partial charge on any atom is 0.272 e. The molecular formula is C19H23N5O2. The van der Waals surface area contributed by atoms with Gasteiger partial charge >= 0.3 is 0 Å². The van der Waals surface area contributed by atoms with Crippen LogP contribution in [-0.2, 0) is 4.79 Å². The minimum Gasteiger partial charge on any atom is -0.339 e. The molecular weight excluding hydrogens is 330 g/mol. The maximum absolute atomic E-state index is 12.8. The fourth-order valence-corrected chi connectivity index (χ4v) is 2.89. The highest BCUT2D eigenvalue weighted by atomic mass is 16.2. The van der Waals surface area contributed by atoms with E-state index in [1.54, 1.807) is 22.8 Å². The van der Waals surface area contributed by atoms with E-state index in [4.69, 9.17) is 0 Å². The lowest BCUT2D eigenvalue weighted by Crippen LogP contribution is -2.50. The Morgan fingerprint density at radius 3 is 2.19 bits per heavy atom. The van der Waals surface area contributed by atoms with Crippen molar-refractivity contribution in [2.24, 2.45) is 0 Å². The lowest BCUT2D eigenvalue weighted by molar-refractivity contribution is -0.130. The molecule has 26 heavy (non-hydrogen) atoms. The number of anilines is 2. The first-order valence-corrected chi connectivity index (χ1v) is 8.66. The van der Waals surface area contributed by atoms with Crippen molar-refractivity contribution in [3.63, 3.8) is 0 Å². The number of nitrogens with one attached hydrogen (secondary N) is 1. The molecule has 7 nitrogen and oxygen atoms in total. The van der Waals surface area contributed by atoms with E-state index in [0.717, 1.165) is 11.4 Å². The second-order valence-electron chi connectivity index (χ2n) is 6.51. The number of amides is 2. The molecule has 2 aromatic rings. The van der Waals surface area contributed by atoms with Gasteiger partial charge in [-0.15, -0.1) is 0 Å². The van der Waals surface area contributed by atoms with Gasteiger partial charge in [-0.05, 0) is 32.0 Å². The Morgan fingerprint density at radius 2 is 1.58 bits per heavy atom. The van der Waals surface area contributed by atoms with Crippen LogP contribution in [0.5, 0.6) is 0 Å². The monoisotopic (exact) mass is 353 g/mol. The van der Waals surface area contributed by atoms with E-state index < -0.39 is 0 Å². The molecule has 0 spiro atoms. The highest BCUT2D eigenvalue weighted by Gasteiger charge is 2.24. The van der Waals surface area contributed by atoms with Gasteiger partial charge in [0.05, 0.1) is 0 Å². The van der Waals surface area contributed by atoms with Crippen LogP contribution in [0.2, 0.25) is 0 Å². The molecule has 2 amide bonds. The zero-order valence-electron chi connectivity index (χ0n) is 15.3. The number of hydrogen-bond acceptors (Lipinski definition) is 5. The largest absolute Gasteiger partial charge is 0.339 e. The molecule has 1 N–H and O–H groups in total. The molecule has 0 aliphatic carbocycles. The van der Waals surface area contributed by atoms with Gasteiger partial charge in [0.25, 0.3) is 5.91 Å². The zero-order valence-corrected chi connectivity index (χ0v) is 15.3.